The first-order valence-electron chi connectivity index (χ1n) is 9.01. The number of nitrogens with two attached hydrogens (primary N) is 2. The number of aryl methyl sites for hydroxylation is 2. The molecule has 0 radical (unpaired) electrons. The van der Waals surface area contributed by atoms with Crippen molar-refractivity contribution in [2.24, 2.45) is 11.7 Å². The van der Waals surface area contributed by atoms with Gasteiger partial charge in [-0.3, -0.25) is 9.36 Å². The Morgan fingerprint density at radius 3 is 2.71 bits per heavy atom. The van der Waals surface area contributed by atoms with E-state index in [4.69, 9.17) is 15.6 Å². The number of nitrogens with zero attached hydrogens (tertiary/aromatic N) is 3. The molecule has 0 saturated heterocycles. The molecule has 0 unspecified atom stereocenters. The van der Waals surface area contributed by atoms with E-state index in [0.717, 1.165) is 5.57 Å². The Bertz CT molecular complexity index is 1020. The van der Waals surface area contributed by atoms with Crippen molar-refractivity contribution in [3.8, 4) is 0 Å². The quantitative estimate of drug-likeness (QED) is 0.771. The zero-order valence-corrected chi connectivity index (χ0v) is 13.7. The number of nitrogen functional groups attached to an aromatic ring is 1. The second-order valence-corrected chi connectivity index (χ2v) is 6.00. The predicted molar refractivity (Wildman–Crippen MR) is 93.1 cm³/mol. The Balaban J connectivity index is 2.47. The van der Waals surface area contributed by atoms with Crippen LogP contribution in [-0.4, -0.2) is 31.7 Å². The van der Waals surface area contributed by atoms with Gasteiger partial charge in [0.1, 0.15) is 16.9 Å². The summed E-state index contributed by atoms with van der Waals surface area (Å²) in [5, 5.41) is 10.2. The molecular weight excluding hydrogens is 306 g/mol. The summed E-state index contributed by atoms with van der Waals surface area (Å²) < 4.78 is 24.6. The number of carbonyl (C=O) groups excluding carboxylic acids is 1. The lowest BCUT2D eigenvalue weighted by molar-refractivity contribution is 0.100. The van der Waals surface area contributed by atoms with Gasteiger partial charge in [-0.1, -0.05) is 19.1 Å². The minimum atomic E-state index is -2.48. The van der Waals surface area contributed by atoms with Crippen molar-refractivity contribution in [1.29, 1.82) is 0 Å². The SMILES string of the molecule is [2H]C([2H])([2H])c1nc2c(nc1C)c(C(N)=O)c(N)n2C1=C(C)C=C[C@@H](O)[C@H]1C. The van der Waals surface area contributed by atoms with Crippen molar-refractivity contribution in [3.63, 3.8) is 0 Å². The summed E-state index contributed by atoms with van der Waals surface area (Å²) in [6.45, 7) is 2.65. The highest BCUT2D eigenvalue weighted by atomic mass is 16.3. The fraction of sp³-hybridized carbons (Fsp3) is 0.353. The number of rotatable bonds is 2. The van der Waals surface area contributed by atoms with Gasteiger partial charge in [-0.25, -0.2) is 9.97 Å². The van der Waals surface area contributed by atoms with Gasteiger partial charge in [0, 0.05) is 15.7 Å². The van der Waals surface area contributed by atoms with Crippen molar-refractivity contribution in [3.05, 3.63) is 34.7 Å². The molecule has 2 atom stereocenters. The zero-order chi connectivity index (χ0) is 20.3. The first-order chi connectivity index (χ1) is 12.4. The molecule has 0 aromatic carbocycles. The summed E-state index contributed by atoms with van der Waals surface area (Å²) >= 11 is 0. The molecule has 2 aromatic rings. The van der Waals surface area contributed by atoms with Crippen LogP contribution >= 0.6 is 0 Å². The third-order valence-electron chi connectivity index (χ3n) is 4.38. The summed E-state index contributed by atoms with van der Waals surface area (Å²) in [6, 6.07) is 0. The van der Waals surface area contributed by atoms with Crippen LogP contribution in [0.3, 0.4) is 0 Å². The average molecular weight is 330 g/mol. The molecule has 0 spiro atoms. The molecule has 24 heavy (non-hydrogen) atoms. The van der Waals surface area contributed by atoms with Crippen LogP contribution in [0.25, 0.3) is 16.9 Å². The highest BCUT2D eigenvalue weighted by Gasteiger charge is 2.30. The van der Waals surface area contributed by atoms with Gasteiger partial charge in [-0.2, -0.15) is 0 Å². The number of aromatic nitrogens is 3. The van der Waals surface area contributed by atoms with Gasteiger partial charge >= 0.3 is 0 Å². The van der Waals surface area contributed by atoms with Crippen LogP contribution in [0.15, 0.2) is 17.7 Å². The van der Waals surface area contributed by atoms with Gasteiger partial charge in [0.2, 0.25) is 0 Å². The fourth-order valence-electron chi connectivity index (χ4n) is 3.06. The largest absolute Gasteiger partial charge is 0.388 e. The van der Waals surface area contributed by atoms with Crippen molar-refractivity contribution in [2.75, 3.05) is 5.73 Å². The number of amides is 1. The number of primary amides is 1. The Hall–Kier alpha value is -2.67. The smallest absolute Gasteiger partial charge is 0.254 e. The molecule has 1 amide bonds. The second kappa shape index (κ2) is 5.45. The average Bonchev–Trinajstić information content (AvgIpc) is 2.81. The van der Waals surface area contributed by atoms with Gasteiger partial charge in [0.05, 0.1) is 17.5 Å². The number of fused-ring (bicyclic) bond motifs is 1. The molecule has 0 fully saturated rings. The van der Waals surface area contributed by atoms with Crippen LogP contribution in [0.1, 0.15) is 39.7 Å². The van der Waals surface area contributed by atoms with E-state index in [0.29, 0.717) is 5.70 Å². The van der Waals surface area contributed by atoms with Crippen molar-refractivity contribution < 1.29 is 14.0 Å². The van der Waals surface area contributed by atoms with Crippen LogP contribution in [-0.2, 0) is 0 Å². The highest BCUT2D eigenvalue weighted by Crippen LogP contribution is 2.37. The minimum Gasteiger partial charge on any atom is -0.388 e. The molecule has 1 aliphatic rings. The number of hydrogen-bond donors (Lipinski definition) is 3. The number of anilines is 1. The molecule has 7 nitrogen and oxygen atoms in total. The molecule has 0 saturated carbocycles. The van der Waals surface area contributed by atoms with E-state index in [1.165, 1.54) is 11.5 Å². The molecular formula is C17H21N5O2. The highest BCUT2D eigenvalue weighted by molar-refractivity contribution is 6.10. The van der Waals surface area contributed by atoms with E-state index in [1.54, 1.807) is 19.1 Å². The Labute approximate surface area is 143 Å². The lowest BCUT2D eigenvalue weighted by atomic mass is 9.91. The van der Waals surface area contributed by atoms with Gasteiger partial charge in [0.15, 0.2) is 5.65 Å². The molecule has 2 heterocycles. The molecule has 3 rings (SSSR count). The molecule has 0 aliphatic heterocycles. The molecule has 7 heteroatoms. The van der Waals surface area contributed by atoms with Crippen LogP contribution in [0, 0.1) is 19.7 Å². The Kier molecular flexibility index (Phi) is 2.89. The van der Waals surface area contributed by atoms with Crippen LogP contribution in [0.5, 0.6) is 0 Å². The Morgan fingerprint density at radius 2 is 2.08 bits per heavy atom. The van der Waals surface area contributed by atoms with E-state index < -0.39 is 18.9 Å². The van der Waals surface area contributed by atoms with Gasteiger partial charge in [0.25, 0.3) is 5.91 Å². The number of aliphatic hydroxyl groups excluding tert-OH is 1. The first kappa shape index (κ1) is 12.7. The summed E-state index contributed by atoms with van der Waals surface area (Å²) in [5.41, 5.74) is 13.4. The predicted octanol–water partition coefficient (Wildman–Crippen LogP) is 1.53. The molecule has 126 valence electrons. The first-order valence-corrected chi connectivity index (χ1v) is 7.51. The third-order valence-corrected chi connectivity index (χ3v) is 4.38. The lowest BCUT2D eigenvalue weighted by Crippen LogP contribution is -2.24. The van der Waals surface area contributed by atoms with Crippen LogP contribution < -0.4 is 11.5 Å². The second-order valence-electron chi connectivity index (χ2n) is 6.00. The van der Waals surface area contributed by atoms with E-state index in [-0.39, 0.29) is 39.9 Å². The van der Waals surface area contributed by atoms with E-state index in [9.17, 15) is 9.90 Å². The minimum absolute atomic E-state index is 0.0169. The van der Waals surface area contributed by atoms with Crippen LogP contribution in [0.4, 0.5) is 5.82 Å². The fourth-order valence-corrected chi connectivity index (χ4v) is 3.06. The normalized spacial score (nSPS) is 23.2. The third kappa shape index (κ3) is 2.20. The molecule has 5 N–H and O–H groups in total. The number of allylic oxidation sites excluding steroid dienone is 2. The molecule has 1 aliphatic carbocycles. The summed E-state index contributed by atoms with van der Waals surface area (Å²) in [4.78, 5) is 20.6. The Morgan fingerprint density at radius 1 is 1.38 bits per heavy atom. The van der Waals surface area contributed by atoms with E-state index in [1.807, 2.05) is 6.92 Å². The topological polar surface area (TPSA) is 120 Å². The van der Waals surface area contributed by atoms with E-state index in [2.05, 4.69) is 9.97 Å². The van der Waals surface area contributed by atoms with Gasteiger partial charge in [-0.15, -0.1) is 0 Å². The maximum atomic E-state index is 12.0. The van der Waals surface area contributed by atoms with Gasteiger partial charge in [-0.05, 0) is 26.3 Å². The summed E-state index contributed by atoms with van der Waals surface area (Å²) in [5.74, 6) is -1.14. The standard InChI is InChI=1S/C17H21N5O2/c1-7-5-6-11(23)8(2)14(7)22-15(18)12(16(19)24)13-17(22)21-10(4)9(3)20-13/h5-6,8,11,23H,18H2,1-4H3,(H2,19,24)/t8-,11-/m1/s1/i4D3. The monoisotopic (exact) mass is 330 g/mol. The number of aliphatic hydroxyl groups is 1. The molecule has 0 bridgehead atoms. The lowest BCUT2D eigenvalue weighted by Gasteiger charge is -2.27. The maximum absolute atomic E-state index is 12.0. The zero-order valence-electron chi connectivity index (χ0n) is 16.7. The van der Waals surface area contributed by atoms with Crippen molar-refractivity contribution in [1.82, 2.24) is 14.5 Å². The van der Waals surface area contributed by atoms with Crippen molar-refractivity contribution in [2.45, 2.75) is 33.7 Å². The summed E-state index contributed by atoms with van der Waals surface area (Å²) in [6.07, 6.45) is 2.63. The van der Waals surface area contributed by atoms with Crippen molar-refractivity contribution >= 4 is 28.6 Å². The van der Waals surface area contributed by atoms with E-state index >= 15 is 0 Å². The number of hydrogen-bond acceptors (Lipinski definition) is 5. The molecule has 2 aromatic heterocycles. The van der Waals surface area contributed by atoms with Gasteiger partial charge < -0.3 is 16.6 Å². The number of carbonyl (C=O) groups is 1. The summed E-state index contributed by atoms with van der Waals surface area (Å²) in [7, 11) is 0. The maximum Gasteiger partial charge on any atom is 0.254 e. The van der Waals surface area contributed by atoms with Crippen LogP contribution in [0.2, 0.25) is 0 Å².